The van der Waals surface area contributed by atoms with Crippen LogP contribution in [-0.4, -0.2) is 55.1 Å². The number of halogens is 1. The second-order valence-electron chi connectivity index (χ2n) is 6.24. The van der Waals surface area contributed by atoms with E-state index in [1.807, 2.05) is 11.8 Å². The zero-order chi connectivity index (χ0) is 20.5. The number of hydrogen-bond acceptors (Lipinski definition) is 5. The molecule has 6 nitrogen and oxygen atoms in total. The van der Waals surface area contributed by atoms with Crippen molar-refractivity contribution in [1.82, 2.24) is 15.4 Å². The van der Waals surface area contributed by atoms with E-state index >= 15 is 0 Å². The van der Waals surface area contributed by atoms with Gasteiger partial charge in [0, 0.05) is 38.9 Å². The molecule has 8 heteroatoms. The molecular weight excluding hydrogens is 379 g/mol. The van der Waals surface area contributed by atoms with Crippen molar-refractivity contribution >= 4 is 23.2 Å². The Morgan fingerprint density at radius 3 is 2.46 bits per heavy atom. The number of hydrogen-bond donors (Lipinski definition) is 1. The molecule has 1 N–H and O–H groups in total. The Bertz CT molecular complexity index is 747. The quantitative estimate of drug-likeness (QED) is 0.602. The van der Waals surface area contributed by atoms with Gasteiger partial charge in [-0.15, -0.1) is 0 Å². The fraction of sp³-hybridized carbons (Fsp3) is 0.500. The average Bonchev–Trinajstić information content (AvgIpc) is 3.10. The average molecular weight is 409 g/mol. The van der Waals surface area contributed by atoms with Crippen LogP contribution < -0.4 is 10.2 Å². The van der Waals surface area contributed by atoms with Crippen molar-refractivity contribution in [3.8, 4) is 11.3 Å². The van der Waals surface area contributed by atoms with Crippen LogP contribution in [0.4, 0.5) is 10.3 Å². The molecule has 0 fully saturated rings. The molecule has 0 radical (unpaired) electrons. The summed E-state index contributed by atoms with van der Waals surface area (Å²) in [6.07, 6.45) is 0. The number of benzene rings is 1. The molecule has 1 aromatic heterocycles. The Hall–Kier alpha value is -2.19. The van der Waals surface area contributed by atoms with Crippen LogP contribution in [0, 0.1) is 5.82 Å². The summed E-state index contributed by atoms with van der Waals surface area (Å²) in [5.41, 5.74) is 2.43. The highest BCUT2D eigenvalue weighted by Crippen LogP contribution is 2.32. The maximum Gasteiger partial charge on any atom is 0.232 e. The fourth-order valence-electron chi connectivity index (χ4n) is 2.94. The van der Waals surface area contributed by atoms with Crippen molar-refractivity contribution < 1.29 is 13.7 Å². The van der Waals surface area contributed by atoms with Crippen LogP contribution in [0.2, 0.25) is 0 Å². The summed E-state index contributed by atoms with van der Waals surface area (Å²) >= 11 is 5.55. The van der Waals surface area contributed by atoms with E-state index in [1.54, 1.807) is 19.2 Å². The highest BCUT2D eigenvalue weighted by molar-refractivity contribution is 7.80. The summed E-state index contributed by atoms with van der Waals surface area (Å²) in [5, 5.41) is 8.16. The van der Waals surface area contributed by atoms with Gasteiger partial charge in [0.15, 0.2) is 5.11 Å². The highest BCUT2D eigenvalue weighted by atomic mass is 32.1. The van der Waals surface area contributed by atoms with Gasteiger partial charge in [-0.2, -0.15) is 0 Å². The Kier molecular flexibility index (Phi) is 8.66. The molecule has 1 heterocycles. The first kappa shape index (κ1) is 22.1. The maximum atomic E-state index is 13.4. The first-order chi connectivity index (χ1) is 13.5. The number of aromatic nitrogens is 1. The van der Waals surface area contributed by atoms with Crippen LogP contribution in [0.5, 0.6) is 0 Å². The predicted molar refractivity (Wildman–Crippen MR) is 114 cm³/mol. The van der Waals surface area contributed by atoms with E-state index in [9.17, 15) is 4.39 Å². The summed E-state index contributed by atoms with van der Waals surface area (Å²) in [5.74, 6) is 0.429. The van der Waals surface area contributed by atoms with Gasteiger partial charge in [0.05, 0.1) is 18.7 Å². The van der Waals surface area contributed by atoms with Gasteiger partial charge >= 0.3 is 0 Å². The Morgan fingerprint density at radius 1 is 1.21 bits per heavy atom. The molecule has 0 aliphatic rings. The van der Waals surface area contributed by atoms with Crippen LogP contribution in [0.15, 0.2) is 28.8 Å². The van der Waals surface area contributed by atoms with Crippen molar-refractivity contribution in [3.05, 3.63) is 35.6 Å². The molecule has 0 atom stereocenters. The molecule has 0 spiro atoms. The van der Waals surface area contributed by atoms with E-state index in [2.05, 4.69) is 29.2 Å². The first-order valence-electron chi connectivity index (χ1n) is 9.56. The minimum absolute atomic E-state index is 0.284. The molecule has 2 rings (SSSR count). The van der Waals surface area contributed by atoms with E-state index in [0.717, 1.165) is 30.8 Å². The Labute approximate surface area is 171 Å². The molecule has 28 heavy (non-hydrogen) atoms. The van der Waals surface area contributed by atoms with Crippen molar-refractivity contribution in [2.45, 2.75) is 27.3 Å². The largest absolute Gasteiger partial charge is 0.383 e. The molecule has 0 amide bonds. The minimum atomic E-state index is -0.284. The summed E-state index contributed by atoms with van der Waals surface area (Å²) in [7, 11) is 1.67. The van der Waals surface area contributed by atoms with Gasteiger partial charge in [0.1, 0.15) is 11.5 Å². The molecule has 0 unspecified atom stereocenters. The molecule has 0 bridgehead atoms. The van der Waals surface area contributed by atoms with E-state index < -0.39 is 0 Å². The van der Waals surface area contributed by atoms with Crippen LogP contribution >= 0.6 is 12.2 Å². The highest BCUT2D eigenvalue weighted by Gasteiger charge is 2.24. The van der Waals surface area contributed by atoms with E-state index in [4.69, 9.17) is 21.5 Å². The topological polar surface area (TPSA) is 53.8 Å². The summed E-state index contributed by atoms with van der Waals surface area (Å²) in [4.78, 5) is 4.15. The van der Waals surface area contributed by atoms with Crippen molar-refractivity contribution in [3.63, 3.8) is 0 Å². The molecule has 0 saturated heterocycles. The van der Waals surface area contributed by atoms with Gasteiger partial charge in [-0.25, -0.2) is 4.39 Å². The number of thiocarbonyl (C=S) groups is 1. The molecule has 0 aliphatic carbocycles. The third-order valence-electron chi connectivity index (χ3n) is 4.47. The zero-order valence-corrected chi connectivity index (χ0v) is 17.8. The predicted octanol–water partition coefficient (Wildman–Crippen LogP) is 3.67. The molecular formula is C20H29FN4O2S. The SMILES string of the molecule is CCNC(=S)N(CCOC)Cc1c(-c2ccc(F)cc2)noc1N(CC)CC. The van der Waals surface area contributed by atoms with Gasteiger partial charge in [0.2, 0.25) is 5.88 Å². The first-order valence-corrected chi connectivity index (χ1v) is 9.97. The third kappa shape index (κ3) is 5.42. The second kappa shape index (κ2) is 11.0. The molecule has 0 saturated carbocycles. The number of anilines is 1. The van der Waals surface area contributed by atoms with Crippen molar-refractivity contribution in [2.24, 2.45) is 0 Å². The standard InChI is InChI=1S/C20H29FN4O2S/c1-5-22-20(28)25(12-13-26-4)14-17-18(15-8-10-16(21)11-9-15)23-27-19(17)24(6-2)7-3/h8-11H,5-7,12-14H2,1-4H3,(H,22,28). The van der Waals surface area contributed by atoms with Crippen molar-refractivity contribution in [2.75, 3.05) is 44.8 Å². The van der Waals surface area contributed by atoms with Crippen molar-refractivity contribution in [1.29, 1.82) is 0 Å². The normalized spacial score (nSPS) is 10.8. The van der Waals surface area contributed by atoms with E-state index in [0.29, 0.717) is 36.4 Å². The zero-order valence-electron chi connectivity index (χ0n) is 17.0. The third-order valence-corrected chi connectivity index (χ3v) is 4.87. The van der Waals surface area contributed by atoms with Gasteiger partial charge in [0.25, 0.3) is 0 Å². The lowest BCUT2D eigenvalue weighted by Gasteiger charge is -2.27. The van der Waals surface area contributed by atoms with E-state index in [-0.39, 0.29) is 5.82 Å². The van der Waals surface area contributed by atoms with Gasteiger partial charge < -0.3 is 24.4 Å². The summed E-state index contributed by atoms with van der Waals surface area (Å²) in [6, 6.07) is 6.28. The van der Waals surface area contributed by atoms with Gasteiger partial charge in [-0.05, 0) is 57.3 Å². The van der Waals surface area contributed by atoms with Crippen LogP contribution in [0.1, 0.15) is 26.3 Å². The number of methoxy groups -OCH3 is 1. The molecule has 0 aliphatic heterocycles. The molecule has 154 valence electrons. The summed E-state index contributed by atoms with van der Waals surface area (Å²) in [6.45, 7) is 10.1. The maximum absolute atomic E-state index is 13.4. The second-order valence-corrected chi connectivity index (χ2v) is 6.63. The van der Waals surface area contributed by atoms with Gasteiger partial charge in [-0.1, -0.05) is 5.16 Å². The molecule has 2 aromatic rings. The Balaban J connectivity index is 2.45. The summed E-state index contributed by atoms with van der Waals surface area (Å²) < 4.78 is 24.4. The van der Waals surface area contributed by atoms with E-state index in [1.165, 1.54) is 12.1 Å². The fourth-order valence-corrected chi connectivity index (χ4v) is 3.24. The molecule has 1 aromatic carbocycles. The van der Waals surface area contributed by atoms with Crippen LogP contribution in [-0.2, 0) is 11.3 Å². The van der Waals surface area contributed by atoms with Crippen LogP contribution in [0.25, 0.3) is 11.3 Å². The minimum Gasteiger partial charge on any atom is -0.383 e. The lowest BCUT2D eigenvalue weighted by atomic mass is 10.1. The number of nitrogens with zero attached hydrogens (tertiary/aromatic N) is 3. The van der Waals surface area contributed by atoms with Crippen LogP contribution in [0.3, 0.4) is 0 Å². The number of ether oxygens (including phenoxy) is 1. The monoisotopic (exact) mass is 408 g/mol. The lowest BCUT2D eigenvalue weighted by Crippen LogP contribution is -2.41. The number of nitrogens with one attached hydrogen (secondary N) is 1. The van der Waals surface area contributed by atoms with Gasteiger partial charge in [-0.3, -0.25) is 0 Å². The lowest BCUT2D eigenvalue weighted by molar-refractivity contribution is 0.174. The smallest absolute Gasteiger partial charge is 0.232 e. The Morgan fingerprint density at radius 2 is 1.89 bits per heavy atom. The number of rotatable bonds is 10.